The van der Waals surface area contributed by atoms with Crippen LogP contribution in [0.4, 0.5) is 4.39 Å². The number of fused-ring (bicyclic) bond motifs is 1. The Morgan fingerprint density at radius 1 is 1.21 bits per heavy atom. The molecule has 0 saturated carbocycles. The fourth-order valence-electron chi connectivity index (χ4n) is 1.79. The molecule has 0 spiro atoms. The van der Waals surface area contributed by atoms with Gasteiger partial charge in [-0.1, -0.05) is 21.1 Å². The van der Waals surface area contributed by atoms with Crippen LogP contribution < -0.4 is 4.74 Å². The van der Waals surface area contributed by atoms with E-state index in [-0.39, 0.29) is 5.75 Å². The Bertz CT molecular complexity index is 754. The first-order valence-corrected chi connectivity index (χ1v) is 6.42. The van der Waals surface area contributed by atoms with Crippen molar-refractivity contribution < 1.29 is 13.7 Å². The lowest BCUT2D eigenvalue weighted by Crippen LogP contribution is -1.88. The molecule has 0 unspecified atom stereocenters. The van der Waals surface area contributed by atoms with Gasteiger partial charge in [0, 0.05) is 9.86 Å². The van der Waals surface area contributed by atoms with Crippen molar-refractivity contribution in [3.8, 4) is 11.5 Å². The molecule has 0 amide bonds. The van der Waals surface area contributed by atoms with Gasteiger partial charge in [-0.3, -0.25) is 0 Å². The van der Waals surface area contributed by atoms with Crippen molar-refractivity contribution in [1.82, 2.24) is 5.16 Å². The third kappa shape index (κ3) is 2.33. The first-order chi connectivity index (χ1) is 9.13. The first kappa shape index (κ1) is 12.2. The molecule has 0 aliphatic heterocycles. The van der Waals surface area contributed by atoms with E-state index in [2.05, 4.69) is 21.1 Å². The van der Waals surface area contributed by atoms with Gasteiger partial charge >= 0.3 is 0 Å². The van der Waals surface area contributed by atoms with Gasteiger partial charge in [-0.2, -0.15) is 0 Å². The van der Waals surface area contributed by atoms with E-state index in [0.29, 0.717) is 15.8 Å². The van der Waals surface area contributed by atoms with Gasteiger partial charge in [0.05, 0.1) is 5.69 Å². The summed E-state index contributed by atoms with van der Waals surface area (Å²) in [4.78, 5) is 0. The van der Waals surface area contributed by atoms with Crippen LogP contribution >= 0.6 is 15.9 Å². The topological polar surface area (TPSA) is 35.3 Å². The predicted octanol–water partition coefficient (Wildman–Crippen LogP) is 4.83. The molecule has 3 aromatic rings. The van der Waals surface area contributed by atoms with E-state index < -0.39 is 5.82 Å². The number of aromatic nitrogens is 1. The standard InChI is InChI=1S/C14H9BrFNO2/c1-8-11-7-10(3-5-13(11)19-17-8)18-14-4-2-9(15)6-12(14)16/h2-7H,1H3. The zero-order valence-corrected chi connectivity index (χ0v) is 11.6. The minimum atomic E-state index is -0.420. The van der Waals surface area contributed by atoms with Crippen LogP contribution in [0.2, 0.25) is 0 Å². The number of benzene rings is 2. The largest absolute Gasteiger partial charge is 0.454 e. The lowest BCUT2D eigenvalue weighted by Gasteiger charge is -2.06. The van der Waals surface area contributed by atoms with Gasteiger partial charge in [-0.05, 0) is 43.3 Å². The summed E-state index contributed by atoms with van der Waals surface area (Å²) >= 11 is 3.20. The van der Waals surface area contributed by atoms with Gasteiger partial charge in [0.2, 0.25) is 0 Å². The van der Waals surface area contributed by atoms with Crippen LogP contribution in [-0.2, 0) is 0 Å². The maximum absolute atomic E-state index is 13.7. The van der Waals surface area contributed by atoms with Crippen LogP contribution in [0.5, 0.6) is 11.5 Å². The van der Waals surface area contributed by atoms with Crippen LogP contribution in [0.25, 0.3) is 11.0 Å². The van der Waals surface area contributed by atoms with Crippen LogP contribution in [0.15, 0.2) is 45.4 Å². The maximum atomic E-state index is 13.7. The fourth-order valence-corrected chi connectivity index (χ4v) is 2.12. The van der Waals surface area contributed by atoms with E-state index in [1.807, 2.05) is 6.92 Å². The SMILES string of the molecule is Cc1noc2ccc(Oc3ccc(Br)cc3F)cc12. The number of nitrogens with zero attached hydrogens (tertiary/aromatic N) is 1. The zero-order chi connectivity index (χ0) is 13.4. The number of ether oxygens (including phenoxy) is 1. The number of hydrogen-bond donors (Lipinski definition) is 0. The van der Waals surface area contributed by atoms with Gasteiger partial charge in [-0.15, -0.1) is 0 Å². The van der Waals surface area contributed by atoms with Crippen molar-refractivity contribution in [3.05, 3.63) is 52.4 Å². The van der Waals surface area contributed by atoms with E-state index in [1.54, 1.807) is 30.3 Å². The Labute approximate surface area is 117 Å². The van der Waals surface area contributed by atoms with Crippen molar-refractivity contribution in [1.29, 1.82) is 0 Å². The van der Waals surface area contributed by atoms with Crippen molar-refractivity contribution >= 4 is 26.9 Å². The van der Waals surface area contributed by atoms with Crippen LogP contribution in [0, 0.1) is 12.7 Å². The van der Waals surface area contributed by atoms with Gasteiger partial charge < -0.3 is 9.26 Å². The summed E-state index contributed by atoms with van der Waals surface area (Å²) in [6.07, 6.45) is 0. The second kappa shape index (κ2) is 4.66. The third-order valence-corrected chi connectivity index (χ3v) is 3.24. The van der Waals surface area contributed by atoms with Crippen molar-refractivity contribution in [2.45, 2.75) is 6.92 Å². The van der Waals surface area contributed by atoms with Gasteiger partial charge in [0.1, 0.15) is 5.75 Å². The molecule has 0 N–H and O–H groups in total. The first-order valence-electron chi connectivity index (χ1n) is 5.62. The molecule has 0 radical (unpaired) electrons. The quantitative estimate of drug-likeness (QED) is 0.678. The van der Waals surface area contributed by atoms with Crippen molar-refractivity contribution in [2.24, 2.45) is 0 Å². The van der Waals surface area contributed by atoms with Gasteiger partial charge in [0.25, 0.3) is 0 Å². The number of halogens is 2. The van der Waals surface area contributed by atoms with Crippen molar-refractivity contribution in [2.75, 3.05) is 0 Å². The Kier molecular flexibility index (Phi) is 2.98. The summed E-state index contributed by atoms with van der Waals surface area (Å²) in [7, 11) is 0. The Balaban J connectivity index is 1.98. The highest BCUT2D eigenvalue weighted by atomic mass is 79.9. The van der Waals surface area contributed by atoms with E-state index in [4.69, 9.17) is 9.26 Å². The highest BCUT2D eigenvalue weighted by Gasteiger charge is 2.09. The van der Waals surface area contributed by atoms with Crippen LogP contribution in [0.1, 0.15) is 5.69 Å². The molecule has 2 aromatic carbocycles. The smallest absolute Gasteiger partial charge is 0.167 e. The molecule has 1 aromatic heterocycles. The summed E-state index contributed by atoms with van der Waals surface area (Å²) in [6.45, 7) is 1.84. The Morgan fingerprint density at radius 3 is 2.84 bits per heavy atom. The fraction of sp³-hybridized carbons (Fsp3) is 0.0714. The van der Waals surface area contributed by atoms with E-state index in [0.717, 1.165) is 11.1 Å². The van der Waals surface area contributed by atoms with Gasteiger partial charge in [-0.25, -0.2) is 4.39 Å². The summed E-state index contributed by atoms with van der Waals surface area (Å²) in [5, 5.41) is 4.72. The van der Waals surface area contributed by atoms with Crippen LogP contribution in [0.3, 0.4) is 0 Å². The molecule has 96 valence electrons. The molecule has 0 atom stereocenters. The van der Waals surface area contributed by atoms with E-state index >= 15 is 0 Å². The normalized spacial score (nSPS) is 10.9. The Morgan fingerprint density at radius 2 is 2.05 bits per heavy atom. The average Bonchev–Trinajstić information content (AvgIpc) is 2.75. The Hall–Kier alpha value is -1.88. The summed E-state index contributed by atoms with van der Waals surface area (Å²) in [5.74, 6) is 0.299. The monoisotopic (exact) mass is 321 g/mol. The molecule has 0 aliphatic rings. The molecule has 0 aliphatic carbocycles. The lowest BCUT2D eigenvalue weighted by atomic mass is 10.2. The minimum absolute atomic E-state index is 0.177. The summed E-state index contributed by atoms with van der Waals surface area (Å²) < 4.78 is 25.0. The third-order valence-electron chi connectivity index (χ3n) is 2.74. The van der Waals surface area contributed by atoms with Crippen LogP contribution in [-0.4, -0.2) is 5.16 Å². The highest BCUT2D eigenvalue weighted by molar-refractivity contribution is 9.10. The predicted molar refractivity (Wildman–Crippen MR) is 72.9 cm³/mol. The minimum Gasteiger partial charge on any atom is -0.454 e. The van der Waals surface area contributed by atoms with Gasteiger partial charge in [0.15, 0.2) is 17.1 Å². The molecule has 0 saturated heterocycles. The average molecular weight is 322 g/mol. The number of hydrogen-bond acceptors (Lipinski definition) is 3. The molecule has 19 heavy (non-hydrogen) atoms. The van der Waals surface area contributed by atoms with E-state index in [9.17, 15) is 4.39 Å². The molecule has 3 nitrogen and oxygen atoms in total. The molecule has 3 rings (SSSR count). The number of aryl methyl sites for hydroxylation is 1. The molecular formula is C14H9BrFNO2. The van der Waals surface area contributed by atoms with Crippen molar-refractivity contribution in [3.63, 3.8) is 0 Å². The molecule has 0 fully saturated rings. The summed E-state index contributed by atoms with van der Waals surface area (Å²) in [5.41, 5.74) is 1.46. The highest BCUT2D eigenvalue weighted by Crippen LogP contribution is 2.29. The molecular weight excluding hydrogens is 313 g/mol. The second-order valence-electron chi connectivity index (χ2n) is 4.10. The summed E-state index contributed by atoms with van der Waals surface area (Å²) in [6, 6.07) is 9.91. The van der Waals surface area contributed by atoms with E-state index in [1.165, 1.54) is 6.07 Å². The molecule has 5 heteroatoms. The zero-order valence-electron chi connectivity index (χ0n) is 9.98. The lowest BCUT2D eigenvalue weighted by molar-refractivity contribution is 0.440. The number of rotatable bonds is 2. The molecule has 1 heterocycles. The molecule has 0 bridgehead atoms. The second-order valence-corrected chi connectivity index (χ2v) is 5.02. The maximum Gasteiger partial charge on any atom is 0.167 e.